The van der Waals surface area contributed by atoms with Crippen LogP contribution < -0.4 is 11.5 Å². The Morgan fingerprint density at radius 2 is 2.05 bits per heavy atom. The van der Waals surface area contributed by atoms with E-state index in [1.165, 1.54) is 4.90 Å². The number of aromatic amines is 1. The number of nitrogens with two attached hydrogens (primary N) is 2. The molecule has 20 heavy (non-hydrogen) atoms. The van der Waals surface area contributed by atoms with Crippen molar-refractivity contribution in [2.45, 2.75) is 19.9 Å². The molecule has 0 aliphatic heterocycles. The first-order valence-corrected chi connectivity index (χ1v) is 6.36. The topological polar surface area (TPSA) is 105 Å². The quantitative estimate of drug-likeness (QED) is 0.726. The van der Waals surface area contributed by atoms with Gasteiger partial charge in [0.25, 0.3) is 5.91 Å². The van der Waals surface area contributed by atoms with Crippen molar-refractivity contribution < 1.29 is 9.59 Å². The number of anilines is 1. The second-order valence-electron chi connectivity index (χ2n) is 4.99. The van der Waals surface area contributed by atoms with Gasteiger partial charge in [0, 0.05) is 11.4 Å². The van der Waals surface area contributed by atoms with Gasteiger partial charge in [-0.05, 0) is 26.0 Å². The third-order valence-electron chi connectivity index (χ3n) is 3.13. The van der Waals surface area contributed by atoms with Gasteiger partial charge in [0.1, 0.15) is 5.69 Å². The average Bonchev–Trinajstić information content (AvgIpc) is 2.80. The summed E-state index contributed by atoms with van der Waals surface area (Å²) < 4.78 is 0. The first-order chi connectivity index (χ1) is 9.40. The molecule has 1 heterocycles. The highest BCUT2D eigenvalue weighted by Crippen LogP contribution is 2.22. The Hall–Kier alpha value is -2.50. The Morgan fingerprint density at radius 3 is 2.60 bits per heavy atom. The number of carbonyl (C=O) groups excluding carboxylic acids is 2. The third kappa shape index (κ3) is 2.59. The van der Waals surface area contributed by atoms with E-state index in [9.17, 15) is 9.59 Å². The molecule has 6 nitrogen and oxygen atoms in total. The molecule has 0 spiro atoms. The molecule has 106 valence electrons. The lowest BCUT2D eigenvalue weighted by Gasteiger charge is -2.24. The molecule has 1 aromatic carbocycles. The van der Waals surface area contributed by atoms with Crippen LogP contribution in [-0.2, 0) is 4.79 Å². The maximum Gasteiger partial charge on any atom is 0.271 e. The van der Waals surface area contributed by atoms with Crippen LogP contribution in [0.25, 0.3) is 10.9 Å². The molecule has 0 saturated heterocycles. The van der Waals surface area contributed by atoms with Crippen molar-refractivity contribution in [1.29, 1.82) is 0 Å². The summed E-state index contributed by atoms with van der Waals surface area (Å²) in [6.07, 6.45) is 0. The summed E-state index contributed by atoms with van der Waals surface area (Å²) >= 11 is 0. The first-order valence-electron chi connectivity index (χ1n) is 6.36. The van der Waals surface area contributed by atoms with Gasteiger partial charge < -0.3 is 21.4 Å². The number of aromatic nitrogens is 1. The van der Waals surface area contributed by atoms with E-state index in [0.29, 0.717) is 11.4 Å². The molecule has 1 aromatic heterocycles. The zero-order chi connectivity index (χ0) is 14.9. The number of hydrogen-bond acceptors (Lipinski definition) is 3. The van der Waals surface area contributed by atoms with Crippen LogP contribution in [0.1, 0.15) is 24.3 Å². The number of H-pyrrole nitrogens is 1. The summed E-state index contributed by atoms with van der Waals surface area (Å²) in [5.74, 6) is -0.808. The van der Waals surface area contributed by atoms with Crippen LogP contribution in [0, 0.1) is 0 Å². The predicted octanol–water partition coefficient (Wildman–Crippen LogP) is 1.09. The van der Waals surface area contributed by atoms with Gasteiger partial charge in [0.05, 0.1) is 17.7 Å². The molecular weight excluding hydrogens is 256 g/mol. The maximum absolute atomic E-state index is 12.4. The van der Waals surface area contributed by atoms with Crippen LogP contribution in [0.4, 0.5) is 5.69 Å². The summed E-state index contributed by atoms with van der Waals surface area (Å²) in [6, 6.07) is 7.05. The number of amides is 2. The number of nitrogens with one attached hydrogen (secondary N) is 1. The lowest BCUT2D eigenvalue weighted by Crippen LogP contribution is -2.42. The van der Waals surface area contributed by atoms with Crippen molar-refractivity contribution in [3.8, 4) is 0 Å². The van der Waals surface area contributed by atoms with Crippen molar-refractivity contribution in [3.63, 3.8) is 0 Å². The molecular formula is C14H18N4O2. The van der Waals surface area contributed by atoms with Crippen LogP contribution >= 0.6 is 0 Å². The molecule has 2 amide bonds. The number of rotatable bonds is 4. The monoisotopic (exact) mass is 274 g/mol. The molecule has 0 atom stereocenters. The smallest absolute Gasteiger partial charge is 0.271 e. The highest BCUT2D eigenvalue weighted by atomic mass is 16.2. The molecule has 5 N–H and O–H groups in total. The van der Waals surface area contributed by atoms with E-state index in [-0.39, 0.29) is 18.5 Å². The van der Waals surface area contributed by atoms with Gasteiger partial charge in [-0.3, -0.25) is 9.59 Å². The van der Waals surface area contributed by atoms with E-state index in [2.05, 4.69) is 4.98 Å². The molecule has 0 unspecified atom stereocenters. The molecule has 0 radical (unpaired) electrons. The predicted molar refractivity (Wildman–Crippen MR) is 78.1 cm³/mol. The standard InChI is InChI=1S/C14H18N4O2/c1-8(2)18(7-12(16)19)14(20)11-6-9-4-3-5-10(15)13(9)17-11/h3-6,8,17H,7,15H2,1-2H3,(H2,16,19). The molecule has 2 aromatic rings. The second-order valence-corrected chi connectivity index (χ2v) is 4.99. The number of nitrogen functional groups attached to an aromatic ring is 1. The second kappa shape index (κ2) is 5.24. The number of para-hydroxylation sites is 1. The van der Waals surface area contributed by atoms with Gasteiger partial charge >= 0.3 is 0 Å². The van der Waals surface area contributed by atoms with E-state index >= 15 is 0 Å². The minimum absolute atomic E-state index is 0.110. The van der Waals surface area contributed by atoms with Crippen LogP contribution in [0.3, 0.4) is 0 Å². The Bertz CT molecular complexity index is 660. The zero-order valence-electron chi connectivity index (χ0n) is 11.5. The van der Waals surface area contributed by atoms with E-state index in [1.54, 1.807) is 12.1 Å². The summed E-state index contributed by atoms with van der Waals surface area (Å²) in [7, 11) is 0. The lowest BCUT2D eigenvalue weighted by molar-refractivity contribution is -0.119. The summed E-state index contributed by atoms with van der Waals surface area (Å²) in [6.45, 7) is 3.55. The van der Waals surface area contributed by atoms with Crippen LogP contribution in [0.5, 0.6) is 0 Å². The first kappa shape index (κ1) is 13.9. The van der Waals surface area contributed by atoms with Crippen molar-refractivity contribution in [1.82, 2.24) is 9.88 Å². The molecule has 0 bridgehead atoms. The fourth-order valence-corrected chi connectivity index (χ4v) is 2.11. The van der Waals surface area contributed by atoms with E-state index in [1.807, 2.05) is 26.0 Å². The summed E-state index contributed by atoms with van der Waals surface area (Å²) in [4.78, 5) is 27.9. The fraction of sp³-hybridized carbons (Fsp3) is 0.286. The van der Waals surface area contributed by atoms with Gasteiger partial charge in [-0.15, -0.1) is 0 Å². The normalized spacial score (nSPS) is 10.9. The molecule has 0 saturated carbocycles. The fourth-order valence-electron chi connectivity index (χ4n) is 2.11. The SMILES string of the molecule is CC(C)N(CC(N)=O)C(=O)c1cc2cccc(N)c2[nH]1. The molecule has 2 rings (SSSR count). The average molecular weight is 274 g/mol. The van der Waals surface area contributed by atoms with Crippen LogP contribution in [-0.4, -0.2) is 34.3 Å². The van der Waals surface area contributed by atoms with Gasteiger partial charge in [-0.25, -0.2) is 0 Å². The number of hydrogen-bond donors (Lipinski definition) is 3. The lowest BCUT2D eigenvalue weighted by atomic mass is 10.2. The number of carbonyl (C=O) groups is 2. The van der Waals surface area contributed by atoms with Crippen LogP contribution in [0.2, 0.25) is 0 Å². The van der Waals surface area contributed by atoms with Crippen molar-refractivity contribution in [3.05, 3.63) is 30.0 Å². The number of primary amides is 1. The van der Waals surface area contributed by atoms with Crippen molar-refractivity contribution in [2.24, 2.45) is 5.73 Å². The van der Waals surface area contributed by atoms with E-state index in [0.717, 1.165) is 10.9 Å². The third-order valence-corrected chi connectivity index (χ3v) is 3.13. The summed E-state index contributed by atoms with van der Waals surface area (Å²) in [5, 5.41) is 0.858. The van der Waals surface area contributed by atoms with Gasteiger partial charge in [0.2, 0.25) is 5.91 Å². The van der Waals surface area contributed by atoms with E-state index in [4.69, 9.17) is 11.5 Å². The minimum atomic E-state index is -0.539. The Kier molecular flexibility index (Phi) is 3.65. The molecule has 0 aliphatic rings. The highest BCUT2D eigenvalue weighted by molar-refractivity contribution is 6.01. The van der Waals surface area contributed by atoms with Gasteiger partial charge in [0.15, 0.2) is 0 Å². The maximum atomic E-state index is 12.4. The van der Waals surface area contributed by atoms with Gasteiger partial charge in [-0.2, -0.15) is 0 Å². The number of nitrogens with zero attached hydrogens (tertiary/aromatic N) is 1. The molecule has 0 fully saturated rings. The highest BCUT2D eigenvalue weighted by Gasteiger charge is 2.22. The number of benzene rings is 1. The van der Waals surface area contributed by atoms with E-state index < -0.39 is 5.91 Å². The zero-order valence-corrected chi connectivity index (χ0v) is 11.5. The molecule has 6 heteroatoms. The van der Waals surface area contributed by atoms with Crippen LogP contribution in [0.15, 0.2) is 24.3 Å². The molecule has 0 aliphatic carbocycles. The van der Waals surface area contributed by atoms with Crippen molar-refractivity contribution >= 4 is 28.4 Å². The van der Waals surface area contributed by atoms with Gasteiger partial charge in [-0.1, -0.05) is 12.1 Å². The Labute approximate surface area is 116 Å². The Morgan fingerprint density at radius 1 is 1.35 bits per heavy atom. The van der Waals surface area contributed by atoms with Crippen molar-refractivity contribution in [2.75, 3.05) is 12.3 Å². The minimum Gasteiger partial charge on any atom is -0.397 e. The Balaban J connectivity index is 2.38. The largest absolute Gasteiger partial charge is 0.397 e. The summed E-state index contributed by atoms with van der Waals surface area (Å²) in [5.41, 5.74) is 12.7. The number of fused-ring (bicyclic) bond motifs is 1.